The summed E-state index contributed by atoms with van der Waals surface area (Å²) >= 11 is 0. The molecule has 0 aromatic rings. The van der Waals surface area contributed by atoms with Crippen LogP contribution in [0.15, 0.2) is 0 Å². The molecule has 1 saturated heterocycles. The minimum Gasteiger partial charge on any atom is -0.303 e. The molecule has 0 spiro atoms. The van der Waals surface area contributed by atoms with Gasteiger partial charge in [-0.1, -0.05) is 40.0 Å². The molecular formula is C16H31N. The monoisotopic (exact) mass is 237 g/mol. The minimum atomic E-state index is 0.518. The van der Waals surface area contributed by atoms with Gasteiger partial charge in [0.2, 0.25) is 0 Å². The summed E-state index contributed by atoms with van der Waals surface area (Å²) in [6.45, 7) is 11.2. The van der Waals surface area contributed by atoms with Gasteiger partial charge in [0.1, 0.15) is 0 Å². The van der Waals surface area contributed by atoms with Crippen LogP contribution < -0.4 is 0 Å². The predicted octanol–water partition coefficient (Wildman–Crippen LogP) is 4.32. The van der Waals surface area contributed by atoms with Crippen LogP contribution in [-0.4, -0.2) is 24.5 Å². The van der Waals surface area contributed by atoms with Crippen molar-refractivity contribution in [1.82, 2.24) is 4.90 Å². The van der Waals surface area contributed by atoms with E-state index < -0.39 is 0 Å². The fourth-order valence-electron chi connectivity index (χ4n) is 3.39. The second-order valence-electron chi connectivity index (χ2n) is 7.53. The first-order chi connectivity index (χ1) is 8.04. The van der Waals surface area contributed by atoms with E-state index in [0.717, 1.165) is 11.8 Å². The molecule has 0 radical (unpaired) electrons. The summed E-state index contributed by atoms with van der Waals surface area (Å²) in [4.78, 5) is 2.71. The van der Waals surface area contributed by atoms with Crippen LogP contribution >= 0.6 is 0 Å². The third kappa shape index (κ3) is 4.28. The van der Waals surface area contributed by atoms with E-state index >= 15 is 0 Å². The van der Waals surface area contributed by atoms with Gasteiger partial charge in [0, 0.05) is 0 Å². The van der Waals surface area contributed by atoms with Crippen molar-refractivity contribution < 1.29 is 0 Å². The SMILES string of the molecule is CC(C)(C)CCCN1CCC(C2CCC2)CC1. The highest BCUT2D eigenvalue weighted by Gasteiger charge is 2.29. The molecule has 0 N–H and O–H groups in total. The van der Waals surface area contributed by atoms with Gasteiger partial charge in [-0.15, -0.1) is 0 Å². The third-order valence-electron chi connectivity index (χ3n) is 4.85. The summed E-state index contributed by atoms with van der Waals surface area (Å²) in [6.07, 6.45) is 10.3. The molecule has 0 amide bonds. The average molecular weight is 237 g/mol. The lowest BCUT2D eigenvalue weighted by molar-refractivity contribution is 0.105. The van der Waals surface area contributed by atoms with E-state index in [1.807, 2.05) is 0 Å². The molecule has 0 unspecified atom stereocenters. The fourth-order valence-corrected chi connectivity index (χ4v) is 3.39. The molecule has 0 atom stereocenters. The Morgan fingerprint density at radius 3 is 2.00 bits per heavy atom. The van der Waals surface area contributed by atoms with Crippen molar-refractivity contribution >= 4 is 0 Å². The Balaban J connectivity index is 1.58. The van der Waals surface area contributed by atoms with Crippen molar-refractivity contribution in [2.45, 2.75) is 65.7 Å². The number of likely N-dealkylation sites (tertiary alicyclic amines) is 1. The molecule has 2 fully saturated rings. The lowest BCUT2D eigenvalue weighted by Gasteiger charge is -2.40. The van der Waals surface area contributed by atoms with Gasteiger partial charge in [0.15, 0.2) is 0 Å². The summed E-state index contributed by atoms with van der Waals surface area (Å²) in [5.41, 5.74) is 0.518. The Hall–Kier alpha value is -0.0400. The van der Waals surface area contributed by atoms with E-state index in [4.69, 9.17) is 0 Å². The number of hydrogen-bond acceptors (Lipinski definition) is 1. The lowest BCUT2D eigenvalue weighted by atomic mass is 9.72. The highest BCUT2D eigenvalue weighted by Crippen LogP contribution is 2.38. The number of piperidine rings is 1. The predicted molar refractivity (Wildman–Crippen MR) is 75.2 cm³/mol. The molecule has 100 valence electrons. The van der Waals surface area contributed by atoms with Gasteiger partial charge in [-0.05, 0) is 62.6 Å². The summed E-state index contributed by atoms with van der Waals surface area (Å²) in [7, 11) is 0. The zero-order valence-electron chi connectivity index (χ0n) is 12.2. The van der Waals surface area contributed by atoms with Gasteiger partial charge in [-0.3, -0.25) is 0 Å². The normalized spacial score (nSPS) is 24.9. The maximum Gasteiger partial charge on any atom is -0.00160 e. The minimum absolute atomic E-state index is 0.518. The van der Waals surface area contributed by atoms with Gasteiger partial charge in [-0.25, -0.2) is 0 Å². The summed E-state index contributed by atoms with van der Waals surface area (Å²) in [5, 5.41) is 0. The molecule has 1 nitrogen and oxygen atoms in total. The molecule has 1 saturated carbocycles. The molecule has 0 bridgehead atoms. The molecular weight excluding hydrogens is 206 g/mol. The number of rotatable bonds is 4. The zero-order valence-corrected chi connectivity index (χ0v) is 12.2. The van der Waals surface area contributed by atoms with Gasteiger partial charge in [0.25, 0.3) is 0 Å². The number of hydrogen-bond donors (Lipinski definition) is 0. The maximum absolute atomic E-state index is 2.71. The van der Waals surface area contributed by atoms with Gasteiger partial charge in [-0.2, -0.15) is 0 Å². The summed E-state index contributed by atoms with van der Waals surface area (Å²) in [5.74, 6) is 2.20. The molecule has 2 rings (SSSR count). The largest absolute Gasteiger partial charge is 0.303 e. The van der Waals surface area contributed by atoms with E-state index in [2.05, 4.69) is 25.7 Å². The highest BCUT2D eigenvalue weighted by atomic mass is 15.1. The summed E-state index contributed by atoms with van der Waals surface area (Å²) < 4.78 is 0. The van der Waals surface area contributed by atoms with Crippen LogP contribution in [-0.2, 0) is 0 Å². The molecule has 0 aromatic carbocycles. The molecule has 1 heteroatoms. The second-order valence-corrected chi connectivity index (χ2v) is 7.53. The fraction of sp³-hybridized carbons (Fsp3) is 1.00. The maximum atomic E-state index is 2.71. The molecule has 17 heavy (non-hydrogen) atoms. The van der Waals surface area contributed by atoms with Crippen LogP contribution in [0, 0.1) is 17.3 Å². The molecule has 0 aromatic heterocycles. The van der Waals surface area contributed by atoms with E-state index in [1.165, 1.54) is 64.6 Å². The van der Waals surface area contributed by atoms with Crippen LogP contribution in [0.3, 0.4) is 0 Å². The van der Waals surface area contributed by atoms with Gasteiger partial charge >= 0.3 is 0 Å². The molecule has 2 aliphatic rings. The second kappa shape index (κ2) is 5.73. The first kappa shape index (κ1) is 13.4. The van der Waals surface area contributed by atoms with Crippen LogP contribution in [0.5, 0.6) is 0 Å². The van der Waals surface area contributed by atoms with E-state index in [0.29, 0.717) is 5.41 Å². The lowest BCUT2D eigenvalue weighted by Crippen LogP contribution is -2.38. The first-order valence-electron chi connectivity index (χ1n) is 7.77. The standard InChI is InChI=1S/C16H31N/c1-16(2,3)10-5-11-17-12-8-15(9-13-17)14-6-4-7-14/h14-15H,4-13H2,1-3H3. The Morgan fingerprint density at radius 1 is 0.941 bits per heavy atom. The van der Waals surface area contributed by atoms with E-state index in [-0.39, 0.29) is 0 Å². The number of nitrogens with zero attached hydrogens (tertiary/aromatic N) is 1. The van der Waals surface area contributed by atoms with E-state index in [1.54, 1.807) is 0 Å². The van der Waals surface area contributed by atoms with Crippen molar-refractivity contribution in [2.24, 2.45) is 17.3 Å². The van der Waals surface area contributed by atoms with Crippen molar-refractivity contribution in [3.8, 4) is 0 Å². The molecule has 1 aliphatic carbocycles. The van der Waals surface area contributed by atoms with Crippen molar-refractivity contribution in [3.05, 3.63) is 0 Å². The van der Waals surface area contributed by atoms with Crippen LogP contribution in [0.25, 0.3) is 0 Å². The van der Waals surface area contributed by atoms with Gasteiger partial charge in [0.05, 0.1) is 0 Å². The Kier molecular flexibility index (Phi) is 4.52. The third-order valence-corrected chi connectivity index (χ3v) is 4.85. The molecule has 1 aliphatic heterocycles. The van der Waals surface area contributed by atoms with Crippen molar-refractivity contribution in [2.75, 3.05) is 19.6 Å². The van der Waals surface area contributed by atoms with Gasteiger partial charge < -0.3 is 4.90 Å². The quantitative estimate of drug-likeness (QED) is 0.703. The van der Waals surface area contributed by atoms with Crippen LogP contribution in [0.2, 0.25) is 0 Å². The molecule has 1 heterocycles. The van der Waals surface area contributed by atoms with Crippen LogP contribution in [0.1, 0.15) is 65.7 Å². The topological polar surface area (TPSA) is 3.24 Å². The van der Waals surface area contributed by atoms with Crippen LogP contribution in [0.4, 0.5) is 0 Å². The average Bonchev–Trinajstić information content (AvgIpc) is 2.16. The smallest absolute Gasteiger partial charge is 0.00160 e. The van der Waals surface area contributed by atoms with E-state index in [9.17, 15) is 0 Å². The Labute approximate surface area is 108 Å². The summed E-state index contributed by atoms with van der Waals surface area (Å²) in [6, 6.07) is 0. The Morgan fingerprint density at radius 2 is 1.53 bits per heavy atom. The zero-order chi connectivity index (χ0) is 12.3. The highest BCUT2D eigenvalue weighted by molar-refractivity contribution is 4.82. The first-order valence-corrected chi connectivity index (χ1v) is 7.77. The van der Waals surface area contributed by atoms with Crippen molar-refractivity contribution in [1.29, 1.82) is 0 Å². The van der Waals surface area contributed by atoms with Crippen molar-refractivity contribution in [3.63, 3.8) is 0 Å². The Bertz CT molecular complexity index is 216.